The summed E-state index contributed by atoms with van der Waals surface area (Å²) in [5.74, 6) is -0.0399. The van der Waals surface area contributed by atoms with Crippen LogP contribution in [0.25, 0.3) is 11.0 Å². The van der Waals surface area contributed by atoms with Gasteiger partial charge in [0.15, 0.2) is 11.7 Å². The second kappa shape index (κ2) is 3.44. The maximum absolute atomic E-state index is 11.6. The molecule has 0 aromatic carbocycles. The lowest BCUT2D eigenvalue weighted by molar-refractivity contribution is -0.0861. The van der Waals surface area contributed by atoms with E-state index in [9.17, 15) is 15.0 Å². The van der Waals surface area contributed by atoms with Gasteiger partial charge in [-0.25, -0.2) is 4.98 Å². The molecule has 1 saturated carbocycles. The Kier molecular flexibility index (Phi) is 2.02. The molecule has 0 radical (unpaired) electrons. The quantitative estimate of drug-likeness (QED) is 0.669. The molecule has 4 atom stereocenters. The highest BCUT2D eigenvalue weighted by Gasteiger charge is 2.68. The summed E-state index contributed by atoms with van der Waals surface area (Å²) in [6, 6.07) is 1.72. The Morgan fingerprint density at radius 3 is 3.21 bits per heavy atom. The number of H-pyrrole nitrogens is 1. The highest BCUT2D eigenvalue weighted by atomic mass is 16.6. The maximum Gasteiger partial charge on any atom is 0.276 e. The molecule has 19 heavy (non-hydrogen) atoms. The van der Waals surface area contributed by atoms with Crippen molar-refractivity contribution in [1.82, 2.24) is 14.5 Å². The molecule has 2 aromatic heterocycles. The Labute approximate surface area is 107 Å². The summed E-state index contributed by atoms with van der Waals surface area (Å²) in [7, 11) is 0. The van der Waals surface area contributed by atoms with Crippen LogP contribution < -0.4 is 5.56 Å². The smallest absolute Gasteiger partial charge is 0.276 e. The van der Waals surface area contributed by atoms with Gasteiger partial charge in [0.2, 0.25) is 0 Å². The number of rotatable bonds is 2. The molecule has 1 saturated heterocycles. The van der Waals surface area contributed by atoms with Crippen LogP contribution in [0, 0.1) is 5.92 Å². The third kappa shape index (κ3) is 1.32. The zero-order valence-corrected chi connectivity index (χ0v) is 9.98. The zero-order chi connectivity index (χ0) is 13.2. The number of aromatic nitrogens is 3. The van der Waals surface area contributed by atoms with E-state index in [1.165, 1.54) is 12.5 Å². The molecule has 2 aliphatic rings. The third-order valence-electron chi connectivity index (χ3n) is 4.14. The number of aliphatic hydroxyl groups excluding tert-OH is 1. The lowest BCUT2D eigenvalue weighted by Gasteiger charge is -2.21. The van der Waals surface area contributed by atoms with Crippen molar-refractivity contribution >= 4 is 11.0 Å². The van der Waals surface area contributed by atoms with E-state index in [0.717, 1.165) is 0 Å². The van der Waals surface area contributed by atoms with Gasteiger partial charge in [-0.15, -0.1) is 0 Å². The van der Waals surface area contributed by atoms with Crippen molar-refractivity contribution < 1.29 is 14.9 Å². The minimum Gasteiger partial charge on any atom is -0.394 e. The fourth-order valence-corrected chi connectivity index (χ4v) is 3.05. The summed E-state index contributed by atoms with van der Waals surface area (Å²) in [5.41, 5.74) is -0.290. The Morgan fingerprint density at radius 2 is 2.47 bits per heavy atom. The Balaban J connectivity index is 1.84. The van der Waals surface area contributed by atoms with Gasteiger partial charge in [-0.3, -0.25) is 4.79 Å². The SMILES string of the molecule is O=c1[nH]ccc2c1ncn2[C@@H]1O[C@H](CO)[C@@H]2C[C@]21O. The molecule has 100 valence electrons. The van der Waals surface area contributed by atoms with Gasteiger partial charge >= 0.3 is 0 Å². The average Bonchev–Trinajstić information content (AvgIpc) is 2.81. The molecule has 0 amide bonds. The fourth-order valence-electron chi connectivity index (χ4n) is 3.05. The molecule has 3 N–H and O–H groups in total. The van der Waals surface area contributed by atoms with E-state index in [1.54, 1.807) is 10.6 Å². The molecule has 7 nitrogen and oxygen atoms in total. The number of fused-ring (bicyclic) bond motifs is 2. The summed E-state index contributed by atoms with van der Waals surface area (Å²) >= 11 is 0. The first-order valence-electron chi connectivity index (χ1n) is 6.18. The van der Waals surface area contributed by atoms with Gasteiger partial charge in [-0.1, -0.05) is 0 Å². The number of aromatic amines is 1. The summed E-state index contributed by atoms with van der Waals surface area (Å²) in [6.07, 6.45) is 2.69. The number of hydrogen-bond acceptors (Lipinski definition) is 5. The van der Waals surface area contributed by atoms with Crippen LogP contribution in [0.4, 0.5) is 0 Å². The lowest BCUT2D eigenvalue weighted by Crippen LogP contribution is -2.25. The maximum atomic E-state index is 11.6. The minimum atomic E-state index is -0.955. The van der Waals surface area contributed by atoms with Crippen molar-refractivity contribution in [3.05, 3.63) is 28.9 Å². The van der Waals surface area contributed by atoms with Crippen LogP contribution in [0.3, 0.4) is 0 Å². The molecule has 2 aromatic rings. The molecule has 3 heterocycles. The number of imidazole rings is 1. The van der Waals surface area contributed by atoms with E-state index in [0.29, 0.717) is 17.5 Å². The summed E-state index contributed by atoms with van der Waals surface area (Å²) in [6.45, 7) is -0.114. The summed E-state index contributed by atoms with van der Waals surface area (Å²) in [5, 5.41) is 19.7. The van der Waals surface area contributed by atoms with Crippen LogP contribution in [0.2, 0.25) is 0 Å². The van der Waals surface area contributed by atoms with Gasteiger partial charge in [0.1, 0.15) is 5.60 Å². The van der Waals surface area contributed by atoms with E-state index in [2.05, 4.69) is 9.97 Å². The average molecular weight is 263 g/mol. The normalized spacial score (nSPS) is 36.6. The Hall–Kier alpha value is -1.70. The van der Waals surface area contributed by atoms with E-state index >= 15 is 0 Å². The van der Waals surface area contributed by atoms with Gasteiger partial charge in [0.05, 0.1) is 24.6 Å². The van der Waals surface area contributed by atoms with Gasteiger partial charge in [0.25, 0.3) is 5.56 Å². The zero-order valence-electron chi connectivity index (χ0n) is 9.98. The molecule has 2 fully saturated rings. The van der Waals surface area contributed by atoms with E-state index in [1.807, 2.05) is 0 Å². The fraction of sp³-hybridized carbons (Fsp3) is 0.500. The van der Waals surface area contributed by atoms with Crippen LogP contribution in [0.1, 0.15) is 12.6 Å². The van der Waals surface area contributed by atoms with Crippen LogP contribution >= 0.6 is 0 Å². The topological polar surface area (TPSA) is 100 Å². The molecule has 0 unspecified atom stereocenters. The molecule has 1 aliphatic heterocycles. The number of ether oxygens (including phenoxy) is 1. The highest BCUT2D eigenvalue weighted by Crippen LogP contribution is 2.60. The molecule has 1 aliphatic carbocycles. The van der Waals surface area contributed by atoms with Crippen LogP contribution in [0.15, 0.2) is 23.4 Å². The first kappa shape index (κ1) is 11.2. The number of hydrogen-bond donors (Lipinski definition) is 3. The lowest BCUT2D eigenvalue weighted by atomic mass is 10.2. The van der Waals surface area contributed by atoms with Crippen molar-refractivity contribution in [2.75, 3.05) is 6.61 Å². The van der Waals surface area contributed by atoms with Crippen molar-refractivity contribution in [2.45, 2.75) is 24.4 Å². The molecular weight excluding hydrogens is 250 g/mol. The van der Waals surface area contributed by atoms with Gasteiger partial charge < -0.3 is 24.5 Å². The summed E-state index contributed by atoms with van der Waals surface area (Å²) in [4.78, 5) is 18.2. The van der Waals surface area contributed by atoms with Crippen molar-refractivity contribution in [3.8, 4) is 0 Å². The highest BCUT2D eigenvalue weighted by molar-refractivity contribution is 5.73. The summed E-state index contributed by atoms with van der Waals surface area (Å²) < 4.78 is 7.35. The second-order valence-electron chi connectivity index (χ2n) is 5.20. The standard InChI is InChI=1S/C12H13N3O4/c16-4-8-6-3-12(6,18)11(19-8)15-5-14-9-7(15)1-2-13-10(9)17/h1-2,5-6,8,11,16,18H,3-4H2,(H,13,17)/t6-,8+,11+,12-/m0/s1. The van der Waals surface area contributed by atoms with E-state index < -0.39 is 11.8 Å². The predicted molar refractivity (Wildman–Crippen MR) is 64.4 cm³/mol. The minimum absolute atomic E-state index is 0.0399. The molecule has 0 spiro atoms. The molecule has 4 rings (SSSR count). The molecule has 7 heteroatoms. The predicted octanol–water partition coefficient (Wildman–Crippen LogP) is -0.635. The van der Waals surface area contributed by atoms with Gasteiger partial charge in [-0.2, -0.15) is 0 Å². The third-order valence-corrected chi connectivity index (χ3v) is 4.14. The Morgan fingerprint density at radius 1 is 1.63 bits per heavy atom. The first-order chi connectivity index (χ1) is 9.15. The van der Waals surface area contributed by atoms with Gasteiger partial charge in [0, 0.05) is 12.1 Å². The number of nitrogens with zero attached hydrogens (tertiary/aromatic N) is 2. The van der Waals surface area contributed by atoms with Crippen molar-refractivity contribution in [3.63, 3.8) is 0 Å². The van der Waals surface area contributed by atoms with Crippen LogP contribution in [-0.2, 0) is 4.74 Å². The van der Waals surface area contributed by atoms with Crippen LogP contribution in [0.5, 0.6) is 0 Å². The number of nitrogens with one attached hydrogen (secondary N) is 1. The largest absolute Gasteiger partial charge is 0.394 e. The van der Waals surface area contributed by atoms with Crippen LogP contribution in [-0.4, -0.2) is 43.1 Å². The van der Waals surface area contributed by atoms with Crippen molar-refractivity contribution in [2.24, 2.45) is 5.92 Å². The van der Waals surface area contributed by atoms with E-state index in [4.69, 9.17) is 4.74 Å². The monoisotopic (exact) mass is 263 g/mol. The Bertz CT molecular complexity index is 708. The first-order valence-corrected chi connectivity index (χ1v) is 6.18. The van der Waals surface area contributed by atoms with Crippen molar-refractivity contribution in [1.29, 1.82) is 0 Å². The molecule has 0 bridgehead atoms. The second-order valence-corrected chi connectivity index (χ2v) is 5.20. The van der Waals surface area contributed by atoms with E-state index in [-0.39, 0.29) is 24.2 Å². The molecular formula is C12H13N3O4. The van der Waals surface area contributed by atoms with Gasteiger partial charge in [-0.05, 0) is 12.5 Å². The number of aliphatic hydroxyl groups is 2. The number of pyridine rings is 1.